The Morgan fingerprint density at radius 1 is 0.929 bits per heavy atom. The van der Waals surface area contributed by atoms with Crippen molar-refractivity contribution in [3.8, 4) is 0 Å². The third-order valence-electron chi connectivity index (χ3n) is 3.03. The minimum Gasteiger partial charge on any atom is -0.331 e. The van der Waals surface area contributed by atoms with Crippen LogP contribution in [0.15, 0.2) is 0 Å². The number of hydrogen-bond donors (Lipinski definition) is 2. The number of hydrogen-bond acceptors (Lipinski definition) is 4. The van der Waals surface area contributed by atoms with Gasteiger partial charge in [-0.15, -0.1) is 0 Å². The average Bonchev–Trinajstić information content (AvgIpc) is 2.12. The summed E-state index contributed by atoms with van der Waals surface area (Å²) in [7, 11) is 3.29. The Morgan fingerprint density at radius 3 is 1.50 bits per heavy atom. The van der Waals surface area contributed by atoms with Crippen molar-refractivity contribution < 1.29 is 9.59 Å². The quantitative estimate of drug-likeness (QED) is 0.540. The average molecular weight is 232 g/mol. The van der Waals surface area contributed by atoms with Gasteiger partial charge >= 0.3 is 0 Å². The van der Waals surface area contributed by atoms with E-state index in [1.807, 2.05) is 0 Å². The molecule has 0 aromatic heterocycles. The molecule has 78 valence electrons. The maximum absolute atomic E-state index is 11.7. The maximum Gasteiger partial charge on any atom is 0.247 e. The van der Waals surface area contributed by atoms with E-state index in [0.29, 0.717) is 0 Å². The maximum atomic E-state index is 11.7. The van der Waals surface area contributed by atoms with Gasteiger partial charge in [-0.3, -0.25) is 9.59 Å². The summed E-state index contributed by atoms with van der Waals surface area (Å²) < 4.78 is 0. The van der Waals surface area contributed by atoms with Crippen LogP contribution in [-0.2, 0) is 9.59 Å². The van der Waals surface area contributed by atoms with Crippen molar-refractivity contribution in [2.45, 2.75) is 22.6 Å². The summed E-state index contributed by atoms with van der Waals surface area (Å²) >= 11 is 8.69. The fraction of sp³-hybridized carbons (Fsp3) is 0.750. The smallest absolute Gasteiger partial charge is 0.247 e. The molecule has 3 aliphatic rings. The zero-order chi connectivity index (χ0) is 10.6. The largest absolute Gasteiger partial charge is 0.331 e. The lowest BCUT2D eigenvalue weighted by atomic mass is 9.89. The van der Waals surface area contributed by atoms with Gasteiger partial charge in [0.1, 0.15) is 12.1 Å². The summed E-state index contributed by atoms with van der Waals surface area (Å²) in [5.41, 5.74) is 0. The normalized spacial score (nSPS) is 42.3. The minimum absolute atomic E-state index is 0.0394. The lowest BCUT2D eigenvalue weighted by Gasteiger charge is -2.52. The Balaban J connectivity index is 2.44. The SMILES string of the molecule is CN1C(=O)C2C(S)C(S)C1C(=O)N2C. The van der Waals surface area contributed by atoms with Gasteiger partial charge < -0.3 is 9.80 Å². The molecule has 3 rings (SSSR count). The molecule has 4 unspecified atom stereocenters. The number of carbonyl (C=O) groups excluding carboxylic acids is 2. The van der Waals surface area contributed by atoms with E-state index >= 15 is 0 Å². The molecule has 4 nitrogen and oxygen atoms in total. The summed E-state index contributed by atoms with van der Waals surface area (Å²) in [5, 5.41) is -0.343. The summed E-state index contributed by atoms with van der Waals surface area (Å²) in [6, 6.07) is -0.910. The van der Waals surface area contributed by atoms with Gasteiger partial charge in [0.05, 0.1) is 0 Å². The summed E-state index contributed by atoms with van der Waals surface area (Å²) in [4.78, 5) is 26.5. The zero-order valence-corrected chi connectivity index (χ0v) is 9.70. The van der Waals surface area contributed by atoms with Gasteiger partial charge in [-0.2, -0.15) is 25.3 Å². The first kappa shape index (κ1) is 10.2. The molecule has 6 heteroatoms. The van der Waals surface area contributed by atoms with E-state index in [1.165, 1.54) is 9.80 Å². The highest BCUT2D eigenvalue weighted by Crippen LogP contribution is 2.35. The molecule has 0 saturated carbocycles. The van der Waals surface area contributed by atoms with Gasteiger partial charge in [0, 0.05) is 24.6 Å². The molecule has 0 aliphatic carbocycles. The van der Waals surface area contributed by atoms with Crippen LogP contribution < -0.4 is 0 Å². The van der Waals surface area contributed by atoms with Gasteiger partial charge in [-0.25, -0.2) is 0 Å². The lowest BCUT2D eigenvalue weighted by molar-refractivity contribution is -0.163. The van der Waals surface area contributed by atoms with Crippen LogP contribution in [-0.4, -0.2) is 58.3 Å². The van der Waals surface area contributed by atoms with Crippen LogP contribution >= 0.6 is 25.3 Å². The number of thiol groups is 2. The second-order valence-corrected chi connectivity index (χ2v) is 4.96. The fourth-order valence-corrected chi connectivity index (χ4v) is 3.13. The van der Waals surface area contributed by atoms with Gasteiger partial charge in [0.25, 0.3) is 0 Å². The molecule has 2 amide bonds. The third kappa shape index (κ3) is 1.04. The van der Waals surface area contributed by atoms with Crippen molar-refractivity contribution in [3.05, 3.63) is 0 Å². The molecule has 14 heavy (non-hydrogen) atoms. The number of piperidine rings is 2. The monoisotopic (exact) mass is 232 g/mol. The zero-order valence-electron chi connectivity index (χ0n) is 7.91. The van der Waals surface area contributed by atoms with Crippen LogP contribution in [0.3, 0.4) is 0 Å². The lowest BCUT2D eigenvalue weighted by Crippen LogP contribution is -2.74. The fourth-order valence-electron chi connectivity index (χ4n) is 2.15. The van der Waals surface area contributed by atoms with Crippen LogP contribution in [0, 0.1) is 0 Å². The highest BCUT2D eigenvalue weighted by molar-refractivity contribution is 7.85. The molecule has 0 radical (unpaired) electrons. The van der Waals surface area contributed by atoms with E-state index in [-0.39, 0.29) is 22.3 Å². The minimum atomic E-state index is -0.455. The topological polar surface area (TPSA) is 40.6 Å². The molecule has 0 spiro atoms. The van der Waals surface area contributed by atoms with Gasteiger partial charge in [-0.1, -0.05) is 0 Å². The second kappa shape index (κ2) is 3.06. The molecule has 4 atom stereocenters. The van der Waals surface area contributed by atoms with Gasteiger partial charge in [0.2, 0.25) is 11.8 Å². The molecule has 3 heterocycles. The number of likely N-dealkylation sites (N-methyl/N-ethyl adjacent to an activating group) is 2. The molecule has 0 N–H and O–H groups in total. The first-order valence-electron chi connectivity index (χ1n) is 4.36. The molecule has 3 aliphatic heterocycles. The van der Waals surface area contributed by atoms with Crippen LogP contribution in [0.2, 0.25) is 0 Å². The Hall–Kier alpha value is -0.360. The van der Waals surface area contributed by atoms with E-state index in [2.05, 4.69) is 25.3 Å². The number of amides is 2. The Kier molecular flexibility index (Phi) is 2.23. The van der Waals surface area contributed by atoms with Crippen molar-refractivity contribution in [2.24, 2.45) is 0 Å². The second-order valence-electron chi connectivity index (χ2n) is 3.77. The van der Waals surface area contributed by atoms with Crippen LogP contribution in [0.25, 0.3) is 0 Å². The van der Waals surface area contributed by atoms with E-state index in [9.17, 15) is 9.59 Å². The number of rotatable bonds is 0. The standard InChI is InChI=1S/C8H12N2O2S2/c1-9-3-5(13)6(14)4(7(9)11)10(2)8(3)12/h3-6,13-14H,1-2H3. The van der Waals surface area contributed by atoms with E-state index in [4.69, 9.17) is 0 Å². The van der Waals surface area contributed by atoms with Gasteiger partial charge in [0.15, 0.2) is 0 Å². The number of fused-ring (bicyclic) bond motifs is 3. The Bertz CT molecular complexity index is 280. The third-order valence-corrected chi connectivity index (χ3v) is 4.48. The van der Waals surface area contributed by atoms with E-state index < -0.39 is 12.1 Å². The van der Waals surface area contributed by atoms with Crippen molar-refractivity contribution in [3.63, 3.8) is 0 Å². The first-order chi connectivity index (χ1) is 6.46. The summed E-state index contributed by atoms with van der Waals surface area (Å²) in [6.07, 6.45) is 0. The predicted molar refractivity (Wildman–Crippen MR) is 58.7 cm³/mol. The molecule has 2 bridgehead atoms. The molecule has 0 aromatic carbocycles. The molecule has 3 fully saturated rings. The predicted octanol–water partition coefficient (Wildman–Crippen LogP) is -0.736. The van der Waals surface area contributed by atoms with E-state index in [1.54, 1.807) is 14.1 Å². The van der Waals surface area contributed by atoms with Crippen molar-refractivity contribution in [1.29, 1.82) is 0 Å². The number of nitrogens with zero attached hydrogens (tertiary/aromatic N) is 2. The molecule has 0 aromatic rings. The number of piperazine rings is 1. The summed E-state index contributed by atoms with van der Waals surface area (Å²) in [6.45, 7) is 0. The Labute approximate surface area is 93.4 Å². The number of carbonyl (C=O) groups is 2. The molecule has 3 saturated heterocycles. The molecular weight excluding hydrogens is 220 g/mol. The van der Waals surface area contributed by atoms with Crippen molar-refractivity contribution in [2.75, 3.05) is 14.1 Å². The van der Waals surface area contributed by atoms with E-state index in [0.717, 1.165) is 0 Å². The Morgan fingerprint density at radius 2 is 1.21 bits per heavy atom. The van der Waals surface area contributed by atoms with Crippen molar-refractivity contribution in [1.82, 2.24) is 9.80 Å². The highest BCUT2D eigenvalue weighted by Gasteiger charge is 2.56. The van der Waals surface area contributed by atoms with Crippen molar-refractivity contribution >= 4 is 37.1 Å². The summed E-state index contributed by atoms with van der Waals surface area (Å²) in [5.74, 6) is -0.0789. The van der Waals surface area contributed by atoms with Crippen LogP contribution in [0.4, 0.5) is 0 Å². The van der Waals surface area contributed by atoms with Crippen LogP contribution in [0.1, 0.15) is 0 Å². The van der Waals surface area contributed by atoms with Gasteiger partial charge in [-0.05, 0) is 0 Å². The first-order valence-corrected chi connectivity index (χ1v) is 5.39. The molecular formula is C8H12N2O2S2. The highest BCUT2D eigenvalue weighted by atomic mass is 32.1. The van der Waals surface area contributed by atoms with Crippen LogP contribution in [0.5, 0.6) is 0 Å².